The van der Waals surface area contributed by atoms with Crippen molar-refractivity contribution in [1.29, 1.82) is 0 Å². The minimum absolute atomic E-state index is 0.290. The summed E-state index contributed by atoms with van der Waals surface area (Å²) in [5.74, 6) is 1.09. The summed E-state index contributed by atoms with van der Waals surface area (Å²) in [6.45, 7) is 0. The van der Waals surface area contributed by atoms with E-state index in [1.807, 2.05) is 30.3 Å². The third-order valence-corrected chi connectivity index (χ3v) is 3.84. The van der Waals surface area contributed by atoms with Crippen molar-refractivity contribution in [3.63, 3.8) is 0 Å². The zero-order valence-electron chi connectivity index (χ0n) is 11.1. The van der Waals surface area contributed by atoms with Gasteiger partial charge >= 0.3 is 0 Å². The summed E-state index contributed by atoms with van der Waals surface area (Å²) in [5, 5.41) is 4.15. The predicted molar refractivity (Wildman–Crippen MR) is 82.8 cm³/mol. The second kappa shape index (κ2) is 5.67. The number of anilines is 2. The van der Waals surface area contributed by atoms with E-state index in [0.29, 0.717) is 11.1 Å². The molecule has 1 aliphatic carbocycles. The van der Waals surface area contributed by atoms with E-state index in [9.17, 15) is 0 Å². The Hall–Kier alpha value is -1.81. The molecule has 3 rings (SSSR count). The van der Waals surface area contributed by atoms with Crippen molar-refractivity contribution in [2.24, 2.45) is 0 Å². The van der Waals surface area contributed by atoms with Crippen LogP contribution >= 0.6 is 11.6 Å². The molecule has 0 spiro atoms. The molecule has 3 N–H and O–H groups in total. The minimum Gasteiger partial charge on any atom is -0.368 e. The molecule has 0 saturated heterocycles. The summed E-state index contributed by atoms with van der Waals surface area (Å²) in [4.78, 5) is 8.56. The highest BCUT2D eigenvalue weighted by Crippen LogP contribution is 2.25. The van der Waals surface area contributed by atoms with Gasteiger partial charge in [-0.3, -0.25) is 0 Å². The molecule has 4 nitrogen and oxygen atoms in total. The number of nitrogens with zero attached hydrogens (tertiary/aromatic N) is 2. The van der Waals surface area contributed by atoms with E-state index < -0.39 is 0 Å². The van der Waals surface area contributed by atoms with Gasteiger partial charge in [0.25, 0.3) is 0 Å². The molecule has 0 radical (unpaired) electrons. The van der Waals surface area contributed by atoms with Gasteiger partial charge in [0, 0.05) is 22.7 Å². The topological polar surface area (TPSA) is 63.8 Å². The summed E-state index contributed by atoms with van der Waals surface area (Å²) < 4.78 is 0. The lowest BCUT2D eigenvalue weighted by atomic mass is 10.1. The van der Waals surface area contributed by atoms with Gasteiger partial charge in [0.15, 0.2) is 0 Å². The number of halogens is 1. The van der Waals surface area contributed by atoms with Crippen LogP contribution in [-0.2, 0) is 0 Å². The average Bonchev–Trinajstić information content (AvgIpc) is 2.91. The van der Waals surface area contributed by atoms with Crippen LogP contribution < -0.4 is 11.1 Å². The second-order valence-corrected chi connectivity index (χ2v) is 5.57. The molecular weight excluding hydrogens is 272 g/mol. The number of nitrogens with one attached hydrogen (secondary N) is 1. The first-order chi connectivity index (χ1) is 9.70. The van der Waals surface area contributed by atoms with Gasteiger partial charge in [-0.05, 0) is 25.0 Å². The Morgan fingerprint density at radius 3 is 2.50 bits per heavy atom. The third kappa shape index (κ3) is 3.02. The van der Waals surface area contributed by atoms with Crippen LogP contribution in [0.15, 0.2) is 30.3 Å². The predicted octanol–water partition coefficient (Wildman–Crippen LogP) is 3.73. The number of nitrogen functional groups attached to an aromatic ring is 1. The summed E-state index contributed by atoms with van der Waals surface area (Å²) in [6, 6.07) is 10.0. The monoisotopic (exact) mass is 288 g/mol. The zero-order valence-corrected chi connectivity index (χ0v) is 11.9. The number of aromatic nitrogens is 2. The van der Waals surface area contributed by atoms with Gasteiger partial charge in [-0.15, -0.1) is 0 Å². The second-order valence-electron chi connectivity index (χ2n) is 5.13. The van der Waals surface area contributed by atoms with Crippen LogP contribution in [0.4, 0.5) is 11.8 Å². The maximum Gasteiger partial charge on any atom is 0.222 e. The molecule has 2 aromatic rings. The quantitative estimate of drug-likeness (QED) is 0.903. The Morgan fingerprint density at radius 2 is 1.80 bits per heavy atom. The van der Waals surface area contributed by atoms with Gasteiger partial charge in [-0.2, -0.15) is 4.98 Å². The van der Waals surface area contributed by atoms with Gasteiger partial charge in [0.05, 0.1) is 5.69 Å². The van der Waals surface area contributed by atoms with Crippen LogP contribution in [0.5, 0.6) is 0 Å². The Morgan fingerprint density at radius 1 is 1.10 bits per heavy atom. The highest BCUT2D eigenvalue weighted by molar-refractivity contribution is 6.30. The largest absolute Gasteiger partial charge is 0.368 e. The Kier molecular flexibility index (Phi) is 3.74. The Balaban J connectivity index is 1.87. The molecule has 1 aromatic heterocycles. The molecule has 0 amide bonds. The number of nitrogens with two attached hydrogens (primary N) is 1. The van der Waals surface area contributed by atoms with Crippen LogP contribution in [0.2, 0.25) is 5.02 Å². The van der Waals surface area contributed by atoms with Gasteiger partial charge < -0.3 is 11.1 Å². The first-order valence-corrected chi connectivity index (χ1v) is 7.25. The van der Waals surface area contributed by atoms with Gasteiger partial charge in [-0.1, -0.05) is 36.6 Å². The van der Waals surface area contributed by atoms with E-state index in [0.717, 1.165) is 17.1 Å². The number of hydrogen-bond acceptors (Lipinski definition) is 4. The van der Waals surface area contributed by atoms with Crippen LogP contribution in [-0.4, -0.2) is 16.0 Å². The molecule has 1 aliphatic rings. The van der Waals surface area contributed by atoms with Crippen LogP contribution in [0, 0.1) is 0 Å². The summed E-state index contributed by atoms with van der Waals surface area (Å²) in [6.07, 6.45) is 4.95. The highest BCUT2D eigenvalue weighted by Gasteiger charge is 2.15. The van der Waals surface area contributed by atoms with Crippen molar-refractivity contribution in [3.05, 3.63) is 35.4 Å². The Bertz CT molecular complexity index is 591. The van der Waals surface area contributed by atoms with Crippen LogP contribution in [0.25, 0.3) is 11.3 Å². The van der Waals surface area contributed by atoms with Crippen molar-refractivity contribution >= 4 is 23.4 Å². The lowest BCUT2D eigenvalue weighted by Gasteiger charge is -2.13. The van der Waals surface area contributed by atoms with Crippen molar-refractivity contribution in [1.82, 2.24) is 9.97 Å². The maximum absolute atomic E-state index is 5.91. The fourth-order valence-electron chi connectivity index (χ4n) is 2.59. The normalized spacial score (nSPS) is 15.4. The highest BCUT2D eigenvalue weighted by atomic mass is 35.5. The van der Waals surface area contributed by atoms with Crippen molar-refractivity contribution < 1.29 is 0 Å². The molecular formula is C15H17ClN4. The standard InChI is InChI=1S/C15H17ClN4/c16-11-7-5-10(6-8-11)13-9-14(20-15(17)19-13)18-12-3-1-2-4-12/h5-9,12H,1-4H2,(H3,17,18,19,20). The molecule has 5 heteroatoms. The molecule has 0 bridgehead atoms. The molecule has 1 heterocycles. The average molecular weight is 289 g/mol. The maximum atomic E-state index is 5.91. The smallest absolute Gasteiger partial charge is 0.222 e. The van der Waals surface area contributed by atoms with Gasteiger partial charge in [-0.25, -0.2) is 4.98 Å². The molecule has 0 atom stereocenters. The molecule has 0 aliphatic heterocycles. The molecule has 20 heavy (non-hydrogen) atoms. The number of hydrogen-bond donors (Lipinski definition) is 2. The lowest BCUT2D eigenvalue weighted by Crippen LogP contribution is -2.16. The molecule has 1 aromatic carbocycles. The molecule has 1 saturated carbocycles. The number of benzene rings is 1. The van der Waals surface area contributed by atoms with E-state index in [-0.39, 0.29) is 5.95 Å². The summed E-state index contributed by atoms with van der Waals surface area (Å²) in [7, 11) is 0. The fraction of sp³-hybridized carbons (Fsp3) is 0.333. The van der Waals surface area contributed by atoms with Crippen molar-refractivity contribution in [2.45, 2.75) is 31.7 Å². The number of rotatable bonds is 3. The fourth-order valence-corrected chi connectivity index (χ4v) is 2.71. The van der Waals surface area contributed by atoms with E-state index in [1.54, 1.807) is 0 Å². The minimum atomic E-state index is 0.290. The van der Waals surface area contributed by atoms with E-state index >= 15 is 0 Å². The SMILES string of the molecule is Nc1nc(NC2CCCC2)cc(-c2ccc(Cl)cc2)n1. The first kappa shape index (κ1) is 13.2. The zero-order chi connectivity index (χ0) is 13.9. The summed E-state index contributed by atoms with van der Waals surface area (Å²) in [5.41, 5.74) is 7.61. The van der Waals surface area contributed by atoms with Gasteiger partial charge in [0.1, 0.15) is 5.82 Å². The Labute approximate surface area is 123 Å². The van der Waals surface area contributed by atoms with Crippen LogP contribution in [0.1, 0.15) is 25.7 Å². The van der Waals surface area contributed by atoms with Crippen LogP contribution in [0.3, 0.4) is 0 Å². The van der Waals surface area contributed by atoms with E-state index in [2.05, 4.69) is 15.3 Å². The van der Waals surface area contributed by atoms with Crippen molar-refractivity contribution in [2.75, 3.05) is 11.1 Å². The third-order valence-electron chi connectivity index (χ3n) is 3.59. The summed E-state index contributed by atoms with van der Waals surface area (Å²) >= 11 is 5.91. The molecule has 104 valence electrons. The van der Waals surface area contributed by atoms with Gasteiger partial charge in [0.2, 0.25) is 5.95 Å². The molecule has 0 unspecified atom stereocenters. The first-order valence-electron chi connectivity index (χ1n) is 6.88. The van der Waals surface area contributed by atoms with E-state index in [1.165, 1.54) is 25.7 Å². The van der Waals surface area contributed by atoms with Crippen molar-refractivity contribution in [3.8, 4) is 11.3 Å². The lowest BCUT2D eigenvalue weighted by molar-refractivity contribution is 0.750. The van der Waals surface area contributed by atoms with E-state index in [4.69, 9.17) is 17.3 Å². The molecule has 1 fully saturated rings.